The fraction of sp³-hybridized carbons (Fsp3) is 0.700. The number of anilines is 2. The smallest absolute Gasteiger partial charge is 0.0583 e. The van der Waals surface area contributed by atoms with Gasteiger partial charge in [0.25, 0.3) is 0 Å². The summed E-state index contributed by atoms with van der Waals surface area (Å²) in [5, 5.41) is 0. The fourth-order valence-electron chi connectivity index (χ4n) is 3.08. The average Bonchev–Trinajstić information content (AvgIpc) is 2.52. The Morgan fingerprint density at radius 3 is 1.82 bits per heavy atom. The molecule has 2 nitrogen and oxygen atoms in total. The van der Waals surface area contributed by atoms with E-state index in [9.17, 15) is 0 Å². The third kappa shape index (κ3) is 6.72. The van der Waals surface area contributed by atoms with Crippen LogP contribution in [0.4, 0.5) is 11.4 Å². The molecular weight excluding hydrogens is 268 g/mol. The molecule has 126 valence electrons. The van der Waals surface area contributed by atoms with Crippen molar-refractivity contribution in [2.24, 2.45) is 0 Å². The van der Waals surface area contributed by atoms with Crippen LogP contribution in [0.3, 0.4) is 0 Å². The summed E-state index contributed by atoms with van der Waals surface area (Å²) >= 11 is 0. The molecule has 0 radical (unpaired) electrons. The maximum atomic E-state index is 6.25. The minimum atomic E-state index is 0.748. The van der Waals surface area contributed by atoms with Crippen molar-refractivity contribution < 1.29 is 0 Å². The molecule has 0 aliphatic heterocycles. The zero-order valence-corrected chi connectivity index (χ0v) is 14.8. The van der Waals surface area contributed by atoms with Crippen molar-refractivity contribution >= 4 is 11.4 Å². The molecule has 0 spiro atoms. The van der Waals surface area contributed by atoms with Gasteiger partial charge in [0.1, 0.15) is 0 Å². The number of hydrogen-bond donors (Lipinski definition) is 2. The third-order valence-electron chi connectivity index (χ3n) is 4.57. The van der Waals surface area contributed by atoms with E-state index < -0.39 is 0 Å². The molecule has 0 fully saturated rings. The van der Waals surface area contributed by atoms with E-state index in [2.05, 4.69) is 19.9 Å². The van der Waals surface area contributed by atoms with Crippen LogP contribution in [-0.4, -0.2) is 0 Å². The molecule has 22 heavy (non-hydrogen) atoms. The average molecular weight is 305 g/mol. The molecule has 0 bridgehead atoms. The van der Waals surface area contributed by atoms with Gasteiger partial charge in [-0.15, -0.1) is 0 Å². The maximum absolute atomic E-state index is 6.25. The van der Waals surface area contributed by atoms with Gasteiger partial charge in [-0.3, -0.25) is 0 Å². The minimum Gasteiger partial charge on any atom is -0.397 e. The predicted molar refractivity (Wildman–Crippen MR) is 100 cm³/mol. The lowest BCUT2D eigenvalue weighted by Crippen LogP contribution is -2.05. The highest BCUT2D eigenvalue weighted by Crippen LogP contribution is 2.27. The lowest BCUT2D eigenvalue weighted by molar-refractivity contribution is 0.621. The molecule has 0 aliphatic carbocycles. The summed E-state index contributed by atoms with van der Waals surface area (Å²) in [4.78, 5) is 0. The molecule has 0 aromatic heterocycles. The zero-order valence-electron chi connectivity index (χ0n) is 14.8. The zero-order chi connectivity index (χ0) is 16.2. The predicted octanol–water partition coefficient (Wildman–Crippen LogP) is 5.88. The van der Waals surface area contributed by atoms with Crippen molar-refractivity contribution in [2.75, 3.05) is 11.5 Å². The quantitative estimate of drug-likeness (QED) is 0.374. The number of nitrogens with two attached hydrogens (primary N) is 2. The second-order valence-electron chi connectivity index (χ2n) is 6.53. The van der Waals surface area contributed by atoms with E-state index in [0.29, 0.717) is 0 Å². The van der Waals surface area contributed by atoms with Crippen LogP contribution in [0.15, 0.2) is 12.1 Å². The van der Waals surface area contributed by atoms with Crippen LogP contribution in [0, 0.1) is 0 Å². The van der Waals surface area contributed by atoms with E-state index in [1.165, 1.54) is 75.3 Å². The highest BCUT2D eigenvalue weighted by molar-refractivity contribution is 5.69. The second-order valence-corrected chi connectivity index (χ2v) is 6.53. The summed E-state index contributed by atoms with van der Waals surface area (Å²) in [7, 11) is 0. The number of nitrogen functional groups attached to an aromatic ring is 2. The first-order valence-electron chi connectivity index (χ1n) is 9.36. The van der Waals surface area contributed by atoms with Crippen molar-refractivity contribution in [3.63, 3.8) is 0 Å². The van der Waals surface area contributed by atoms with Crippen molar-refractivity contribution in [3.8, 4) is 0 Å². The Morgan fingerprint density at radius 2 is 1.23 bits per heavy atom. The Balaban J connectivity index is 2.53. The standard InChI is InChI=1S/C20H36N2/c1-3-5-7-9-11-13-17-15-16-19(21)20(22)18(17)14-12-10-8-6-4-2/h15-16H,3-14,21-22H2,1-2H3. The van der Waals surface area contributed by atoms with Gasteiger partial charge in [0.05, 0.1) is 11.4 Å². The van der Waals surface area contributed by atoms with E-state index in [-0.39, 0.29) is 0 Å². The molecule has 0 unspecified atom stereocenters. The van der Waals surface area contributed by atoms with Crippen molar-refractivity contribution in [2.45, 2.75) is 90.9 Å². The Morgan fingerprint density at radius 1 is 0.682 bits per heavy atom. The number of hydrogen-bond acceptors (Lipinski definition) is 2. The van der Waals surface area contributed by atoms with Gasteiger partial charge in [-0.1, -0.05) is 71.3 Å². The molecule has 2 heteroatoms. The first-order valence-corrected chi connectivity index (χ1v) is 9.36. The molecule has 0 aliphatic rings. The summed E-state index contributed by atoms with van der Waals surface area (Å²) < 4.78 is 0. The Hall–Kier alpha value is -1.18. The monoisotopic (exact) mass is 304 g/mol. The van der Waals surface area contributed by atoms with Crippen molar-refractivity contribution in [3.05, 3.63) is 23.3 Å². The van der Waals surface area contributed by atoms with Crippen molar-refractivity contribution in [1.82, 2.24) is 0 Å². The second kappa shape index (κ2) is 11.4. The third-order valence-corrected chi connectivity index (χ3v) is 4.57. The van der Waals surface area contributed by atoms with Crippen LogP contribution in [0.5, 0.6) is 0 Å². The van der Waals surface area contributed by atoms with Crippen LogP contribution in [-0.2, 0) is 12.8 Å². The van der Waals surface area contributed by atoms with Crippen LogP contribution in [0.1, 0.15) is 89.2 Å². The van der Waals surface area contributed by atoms with Gasteiger partial charge in [-0.2, -0.15) is 0 Å². The molecular formula is C20H36N2. The molecule has 0 amide bonds. The van der Waals surface area contributed by atoms with Gasteiger partial charge in [0, 0.05) is 0 Å². The minimum absolute atomic E-state index is 0.748. The Labute approximate surface area is 137 Å². The molecule has 0 saturated heterocycles. The van der Waals surface area contributed by atoms with Gasteiger partial charge >= 0.3 is 0 Å². The summed E-state index contributed by atoms with van der Waals surface area (Å²) in [6.07, 6.45) is 15.4. The van der Waals surface area contributed by atoms with Gasteiger partial charge in [0.15, 0.2) is 0 Å². The molecule has 0 atom stereocenters. The lowest BCUT2D eigenvalue weighted by atomic mass is 9.94. The van der Waals surface area contributed by atoms with Gasteiger partial charge in [-0.05, 0) is 42.9 Å². The fourth-order valence-corrected chi connectivity index (χ4v) is 3.08. The number of aryl methyl sites for hydroxylation is 1. The van der Waals surface area contributed by atoms with E-state index in [1.807, 2.05) is 6.07 Å². The SMILES string of the molecule is CCCCCCCc1ccc(N)c(N)c1CCCCCCC. The van der Waals surface area contributed by atoms with Crippen LogP contribution in [0.2, 0.25) is 0 Å². The number of unbranched alkanes of at least 4 members (excludes halogenated alkanes) is 8. The van der Waals surface area contributed by atoms with Crippen LogP contribution < -0.4 is 11.5 Å². The van der Waals surface area contributed by atoms with Crippen molar-refractivity contribution in [1.29, 1.82) is 0 Å². The molecule has 0 saturated carbocycles. The Kier molecular flexibility index (Phi) is 9.77. The van der Waals surface area contributed by atoms with Crippen LogP contribution in [0.25, 0.3) is 0 Å². The Bertz CT molecular complexity index is 412. The van der Waals surface area contributed by atoms with Gasteiger partial charge in [0.2, 0.25) is 0 Å². The summed E-state index contributed by atoms with van der Waals surface area (Å²) in [6.45, 7) is 4.52. The number of benzene rings is 1. The summed E-state index contributed by atoms with van der Waals surface area (Å²) in [5.41, 5.74) is 16.6. The first-order chi connectivity index (χ1) is 10.7. The van der Waals surface area contributed by atoms with E-state index >= 15 is 0 Å². The molecule has 0 heterocycles. The summed E-state index contributed by atoms with van der Waals surface area (Å²) in [6, 6.07) is 4.18. The molecule has 4 N–H and O–H groups in total. The van der Waals surface area contributed by atoms with E-state index in [0.717, 1.165) is 24.2 Å². The maximum Gasteiger partial charge on any atom is 0.0583 e. The first kappa shape index (κ1) is 18.9. The summed E-state index contributed by atoms with van der Waals surface area (Å²) in [5.74, 6) is 0. The molecule has 1 aromatic carbocycles. The topological polar surface area (TPSA) is 52.0 Å². The van der Waals surface area contributed by atoms with E-state index in [4.69, 9.17) is 11.5 Å². The van der Waals surface area contributed by atoms with Gasteiger partial charge in [-0.25, -0.2) is 0 Å². The normalized spacial score (nSPS) is 11.0. The molecule has 1 aromatic rings. The molecule has 1 rings (SSSR count). The largest absolute Gasteiger partial charge is 0.397 e. The highest BCUT2D eigenvalue weighted by atomic mass is 14.7. The van der Waals surface area contributed by atoms with E-state index in [1.54, 1.807) is 0 Å². The lowest BCUT2D eigenvalue weighted by Gasteiger charge is -2.14. The van der Waals surface area contributed by atoms with Crippen LogP contribution >= 0.6 is 0 Å². The van der Waals surface area contributed by atoms with Gasteiger partial charge < -0.3 is 11.5 Å². The number of rotatable bonds is 12. The highest BCUT2D eigenvalue weighted by Gasteiger charge is 2.09.